The lowest BCUT2D eigenvalue weighted by molar-refractivity contribution is -0.148. The third-order valence-corrected chi connectivity index (χ3v) is 12.2. The summed E-state index contributed by atoms with van der Waals surface area (Å²) in [6, 6.07) is 7.83. The number of nitrogens with zero attached hydrogens (tertiary/aromatic N) is 4. The van der Waals surface area contributed by atoms with Gasteiger partial charge >= 0.3 is 0 Å². The van der Waals surface area contributed by atoms with E-state index in [1.165, 1.54) is 11.3 Å². The molecule has 0 saturated carbocycles. The lowest BCUT2D eigenvalue weighted by Crippen LogP contribution is -2.59. The number of rotatable bonds is 21. The normalized spacial score (nSPS) is 19.0. The molecule has 3 rings (SSSR count). The molecule has 2 aromatic rings. The van der Waals surface area contributed by atoms with Crippen LogP contribution < -0.4 is 10.6 Å². The van der Waals surface area contributed by atoms with Crippen molar-refractivity contribution < 1.29 is 28.7 Å². The van der Waals surface area contributed by atoms with E-state index in [0.29, 0.717) is 19.4 Å². The van der Waals surface area contributed by atoms with Crippen LogP contribution in [-0.2, 0) is 35.1 Å². The fourth-order valence-corrected chi connectivity index (χ4v) is 8.86. The van der Waals surface area contributed by atoms with Crippen LogP contribution in [0.3, 0.4) is 0 Å². The predicted molar refractivity (Wildman–Crippen MR) is 218 cm³/mol. The molecule has 0 unspecified atom stereocenters. The Bertz CT molecular complexity index is 1480. The Morgan fingerprint density at radius 2 is 1.62 bits per heavy atom. The van der Waals surface area contributed by atoms with E-state index in [9.17, 15) is 19.2 Å². The van der Waals surface area contributed by atoms with Gasteiger partial charge < -0.3 is 29.9 Å². The molecule has 0 spiro atoms. The van der Waals surface area contributed by atoms with Crippen LogP contribution in [0, 0.1) is 23.7 Å². The third kappa shape index (κ3) is 12.1. The average molecular weight is 785 g/mol. The van der Waals surface area contributed by atoms with Gasteiger partial charge in [0.25, 0.3) is 0 Å². The van der Waals surface area contributed by atoms with Gasteiger partial charge in [-0.1, -0.05) is 85.2 Å². The lowest BCUT2D eigenvalue weighted by Gasteiger charge is -2.41. The largest absolute Gasteiger partial charge is 0.379 e. The number of carbonyl (C=O) groups is 4. The Morgan fingerprint density at radius 1 is 0.945 bits per heavy atom. The number of methoxy groups -OCH3 is 2. The molecular formula is C42H68N6O6S. The number of ether oxygens (including phenoxy) is 2. The van der Waals surface area contributed by atoms with Gasteiger partial charge in [0.15, 0.2) is 0 Å². The Morgan fingerprint density at radius 3 is 2.15 bits per heavy atom. The minimum absolute atomic E-state index is 0.00751. The van der Waals surface area contributed by atoms with Crippen molar-refractivity contribution in [2.24, 2.45) is 23.7 Å². The molecule has 1 aromatic heterocycles. The van der Waals surface area contributed by atoms with E-state index >= 15 is 0 Å². The molecule has 1 fully saturated rings. The first kappa shape index (κ1) is 46.0. The molecule has 2 N–H and O–H groups in total. The van der Waals surface area contributed by atoms with Crippen LogP contribution in [0.4, 0.5) is 0 Å². The van der Waals surface area contributed by atoms with E-state index in [1.807, 2.05) is 94.2 Å². The van der Waals surface area contributed by atoms with Crippen molar-refractivity contribution in [2.75, 3.05) is 41.9 Å². The number of amides is 4. The Labute approximate surface area is 334 Å². The molecule has 1 saturated heterocycles. The standard InChI is InChI=1S/C42H68N6O6S/c1-13-28(6)37(47(10)42(52)35(26(2)3)45-40(51)36(27(4)5)46(8)9)33(53-11)25-34(49)48-22-17-20-32(48)38(54-12)29(7)39(50)44-31(41-43-21-23-55-41)24-30-18-15-14-16-19-30/h14-16,18-19,21,23,26-29,31-33,35-38H,13,17,20,22,24-25H2,1-12H3,(H,44,50)(H,45,51)/t28-,29-,31-,32-,33-,35-,36-,37-,38-/m0/s1. The van der Waals surface area contributed by atoms with E-state index in [-0.39, 0.29) is 65.9 Å². The second kappa shape index (κ2) is 21.8. The van der Waals surface area contributed by atoms with Crippen molar-refractivity contribution in [3.05, 3.63) is 52.5 Å². The zero-order valence-electron chi connectivity index (χ0n) is 35.3. The lowest BCUT2D eigenvalue weighted by atomic mass is 9.89. The van der Waals surface area contributed by atoms with Crippen molar-refractivity contribution in [3.8, 4) is 0 Å². The smallest absolute Gasteiger partial charge is 0.245 e. The van der Waals surface area contributed by atoms with Crippen LogP contribution in [0.2, 0.25) is 0 Å². The van der Waals surface area contributed by atoms with E-state index in [2.05, 4.69) is 29.5 Å². The van der Waals surface area contributed by atoms with Crippen LogP contribution in [-0.4, -0.2) is 122 Å². The maximum Gasteiger partial charge on any atom is 0.245 e. The molecular weight excluding hydrogens is 717 g/mol. The van der Waals surface area contributed by atoms with Crippen molar-refractivity contribution in [3.63, 3.8) is 0 Å². The molecule has 1 aliphatic rings. The van der Waals surface area contributed by atoms with Gasteiger partial charge in [0, 0.05) is 39.4 Å². The van der Waals surface area contributed by atoms with Gasteiger partial charge in [0.2, 0.25) is 23.6 Å². The second-order valence-electron chi connectivity index (χ2n) is 16.1. The van der Waals surface area contributed by atoms with Crippen LogP contribution in [0.5, 0.6) is 0 Å². The van der Waals surface area contributed by atoms with Crippen LogP contribution in [0.25, 0.3) is 0 Å². The summed E-state index contributed by atoms with van der Waals surface area (Å²) < 4.78 is 12.1. The van der Waals surface area contributed by atoms with Crippen LogP contribution >= 0.6 is 11.3 Å². The van der Waals surface area contributed by atoms with Crippen LogP contribution in [0.1, 0.15) is 90.8 Å². The second-order valence-corrected chi connectivity index (χ2v) is 17.0. The highest BCUT2D eigenvalue weighted by atomic mass is 32.1. The van der Waals surface area contributed by atoms with Crippen molar-refractivity contribution in [2.45, 2.75) is 123 Å². The van der Waals surface area contributed by atoms with E-state index in [0.717, 1.165) is 23.4 Å². The minimum Gasteiger partial charge on any atom is -0.379 e. The van der Waals surface area contributed by atoms with Gasteiger partial charge in [0.1, 0.15) is 11.0 Å². The monoisotopic (exact) mass is 784 g/mol. The summed E-state index contributed by atoms with van der Waals surface area (Å²) in [5, 5.41) is 9.02. The van der Waals surface area contributed by atoms with Crippen LogP contribution in [0.15, 0.2) is 41.9 Å². The zero-order chi connectivity index (χ0) is 41.0. The van der Waals surface area contributed by atoms with Gasteiger partial charge in [-0.05, 0) is 56.7 Å². The maximum atomic E-state index is 14.3. The molecule has 308 valence electrons. The first-order valence-corrected chi connectivity index (χ1v) is 20.8. The number of benzene rings is 1. The number of likely N-dealkylation sites (tertiary alicyclic amines) is 1. The van der Waals surface area contributed by atoms with E-state index in [4.69, 9.17) is 9.47 Å². The molecule has 1 aliphatic heterocycles. The third-order valence-electron chi connectivity index (χ3n) is 11.3. The molecule has 55 heavy (non-hydrogen) atoms. The molecule has 12 nitrogen and oxygen atoms in total. The summed E-state index contributed by atoms with van der Waals surface area (Å²) in [5.74, 6) is -1.35. The molecule has 0 aliphatic carbocycles. The topological polar surface area (TPSA) is 133 Å². The Hall–Kier alpha value is -3.39. The number of hydrogen-bond donors (Lipinski definition) is 2. The van der Waals surface area contributed by atoms with Gasteiger partial charge in [0.05, 0.1) is 48.7 Å². The van der Waals surface area contributed by atoms with Gasteiger partial charge in [-0.2, -0.15) is 0 Å². The first-order chi connectivity index (χ1) is 26.1. The summed E-state index contributed by atoms with van der Waals surface area (Å²) in [7, 11) is 8.66. The number of nitrogens with one attached hydrogen (secondary N) is 2. The predicted octanol–water partition coefficient (Wildman–Crippen LogP) is 5.19. The highest BCUT2D eigenvalue weighted by Gasteiger charge is 2.43. The summed E-state index contributed by atoms with van der Waals surface area (Å²) >= 11 is 1.51. The minimum atomic E-state index is -0.751. The van der Waals surface area contributed by atoms with Crippen molar-refractivity contribution in [1.29, 1.82) is 0 Å². The molecule has 0 radical (unpaired) electrons. The van der Waals surface area contributed by atoms with Gasteiger partial charge in [-0.3, -0.25) is 24.1 Å². The SMILES string of the molecule is CC[C@H](C)[C@@H]([C@H](CC(=O)N1CCC[C@H]1[C@@H](OC)[C@H](C)C(=O)N[C@@H](Cc1ccccc1)c1nccs1)OC)N(C)C(=O)[C@@H](NC(=O)[C@H](C(C)C)N(C)C)C(C)C. The average Bonchev–Trinajstić information content (AvgIpc) is 3.87. The van der Waals surface area contributed by atoms with E-state index in [1.54, 1.807) is 32.4 Å². The van der Waals surface area contributed by atoms with Crippen molar-refractivity contribution in [1.82, 2.24) is 30.3 Å². The summed E-state index contributed by atoms with van der Waals surface area (Å²) in [6.45, 7) is 14.3. The molecule has 4 amide bonds. The summed E-state index contributed by atoms with van der Waals surface area (Å²) in [5.41, 5.74) is 1.09. The molecule has 2 heterocycles. The van der Waals surface area contributed by atoms with Gasteiger partial charge in [-0.25, -0.2) is 4.98 Å². The highest BCUT2D eigenvalue weighted by molar-refractivity contribution is 7.09. The molecule has 0 bridgehead atoms. The zero-order valence-corrected chi connectivity index (χ0v) is 36.1. The Balaban J connectivity index is 1.79. The fourth-order valence-electron chi connectivity index (χ4n) is 8.17. The van der Waals surface area contributed by atoms with Gasteiger partial charge in [-0.15, -0.1) is 11.3 Å². The van der Waals surface area contributed by atoms with E-state index < -0.39 is 30.2 Å². The number of thiazole rings is 1. The maximum absolute atomic E-state index is 14.3. The van der Waals surface area contributed by atoms with Crippen molar-refractivity contribution >= 4 is 35.0 Å². The molecule has 13 heteroatoms. The number of hydrogen-bond acceptors (Lipinski definition) is 9. The molecule has 9 atom stereocenters. The summed E-state index contributed by atoms with van der Waals surface area (Å²) in [4.78, 5) is 65.8. The summed E-state index contributed by atoms with van der Waals surface area (Å²) in [6.07, 6.45) is 3.49. The number of carbonyl (C=O) groups excluding carboxylic acids is 4. The number of aromatic nitrogens is 1. The molecule has 1 aromatic carbocycles. The Kier molecular flexibility index (Phi) is 18.2. The number of likely N-dealkylation sites (N-methyl/N-ethyl adjacent to an activating group) is 2. The quantitative estimate of drug-likeness (QED) is 0.177. The highest BCUT2D eigenvalue weighted by Crippen LogP contribution is 2.30. The fraction of sp³-hybridized carbons (Fsp3) is 0.690. The first-order valence-electron chi connectivity index (χ1n) is 19.9.